The molecular weight excluding hydrogens is 478 g/mol. The molecule has 5 nitrogen and oxygen atoms in total. The Kier molecular flexibility index (Phi) is 6.76. The third-order valence-electron chi connectivity index (χ3n) is 5.21. The third-order valence-corrected chi connectivity index (χ3v) is 8.19. The summed E-state index contributed by atoms with van der Waals surface area (Å²) in [4.78, 5) is 13.0. The lowest BCUT2D eigenvalue weighted by atomic mass is 10.1. The van der Waals surface area contributed by atoms with Gasteiger partial charge in [-0.25, -0.2) is 17.2 Å². The van der Waals surface area contributed by atoms with Crippen molar-refractivity contribution < 1.29 is 22.0 Å². The molecule has 0 aliphatic carbocycles. The van der Waals surface area contributed by atoms with E-state index in [0.29, 0.717) is 16.7 Å². The number of carbonyl (C=O) groups is 1. The van der Waals surface area contributed by atoms with Gasteiger partial charge in [-0.1, -0.05) is 42.5 Å². The number of sulfonamides is 1. The summed E-state index contributed by atoms with van der Waals surface area (Å²) in [6.07, 6.45) is 0. The van der Waals surface area contributed by atoms with Gasteiger partial charge in [-0.2, -0.15) is 0 Å². The molecule has 0 fully saturated rings. The summed E-state index contributed by atoms with van der Waals surface area (Å²) >= 11 is 1.02. The number of carbonyl (C=O) groups excluding carboxylic acids is 1. The predicted molar refractivity (Wildman–Crippen MR) is 129 cm³/mol. The SMILES string of the molecule is CN(c1ccc(F)cc1)S(=O)(=O)c1c(-c2ccccc2)csc1C(=O)NCc1ccc(F)cc1. The lowest BCUT2D eigenvalue weighted by molar-refractivity contribution is 0.0952. The van der Waals surface area contributed by atoms with Crippen LogP contribution in [0.15, 0.2) is 89.1 Å². The number of rotatable bonds is 7. The highest BCUT2D eigenvalue weighted by atomic mass is 32.2. The van der Waals surface area contributed by atoms with Gasteiger partial charge in [0.25, 0.3) is 15.9 Å². The van der Waals surface area contributed by atoms with Crippen molar-refractivity contribution in [3.63, 3.8) is 0 Å². The van der Waals surface area contributed by atoms with Crippen LogP contribution < -0.4 is 9.62 Å². The molecule has 0 aliphatic rings. The Labute approximate surface area is 200 Å². The van der Waals surface area contributed by atoms with Crippen molar-refractivity contribution in [2.24, 2.45) is 0 Å². The molecule has 4 aromatic rings. The first kappa shape index (κ1) is 23.6. The van der Waals surface area contributed by atoms with E-state index in [1.54, 1.807) is 41.8 Å². The van der Waals surface area contributed by atoms with Crippen LogP contribution in [-0.4, -0.2) is 21.4 Å². The highest BCUT2D eigenvalue weighted by molar-refractivity contribution is 7.93. The fraction of sp³-hybridized carbons (Fsp3) is 0.0800. The summed E-state index contributed by atoms with van der Waals surface area (Å²) < 4.78 is 55.0. The lowest BCUT2D eigenvalue weighted by Gasteiger charge is -2.21. The summed E-state index contributed by atoms with van der Waals surface area (Å²) in [5.41, 5.74) is 1.96. The molecule has 1 N–H and O–H groups in total. The number of nitrogens with zero attached hydrogens (tertiary/aromatic N) is 1. The summed E-state index contributed by atoms with van der Waals surface area (Å²) in [5, 5.41) is 4.35. The highest BCUT2D eigenvalue weighted by Gasteiger charge is 2.32. The highest BCUT2D eigenvalue weighted by Crippen LogP contribution is 2.38. The quantitative estimate of drug-likeness (QED) is 0.369. The maximum atomic E-state index is 13.7. The normalized spacial score (nSPS) is 11.3. The van der Waals surface area contributed by atoms with E-state index in [4.69, 9.17) is 0 Å². The van der Waals surface area contributed by atoms with E-state index < -0.39 is 27.6 Å². The van der Waals surface area contributed by atoms with E-state index in [-0.39, 0.29) is 22.0 Å². The molecule has 0 aliphatic heterocycles. The van der Waals surface area contributed by atoms with Gasteiger partial charge in [0.05, 0.1) is 5.69 Å². The Bertz CT molecular complexity index is 1400. The van der Waals surface area contributed by atoms with Gasteiger partial charge in [-0.3, -0.25) is 9.10 Å². The number of halogens is 2. The lowest BCUT2D eigenvalue weighted by Crippen LogP contribution is -2.30. The number of thiophene rings is 1. The molecule has 1 heterocycles. The second-order valence-corrected chi connectivity index (χ2v) is 10.2. The van der Waals surface area contributed by atoms with Gasteiger partial charge < -0.3 is 5.32 Å². The first-order valence-electron chi connectivity index (χ1n) is 10.2. The van der Waals surface area contributed by atoms with Crippen molar-refractivity contribution >= 4 is 33.0 Å². The van der Waals surface area contributed by atoms with Crippen molar-refractivity contribution in [2.75, 3.05) is 11.4 Å². The van der Waals surface area contributed by atoms with Crippen LogP contribution in [-0.2, 0) is 16.6 Å². The number of amides is 1. The van der Waals surface area contributed by atoms with Crippen molar-refractivity contribution in [1.29, 1.82) is 0 Å². The predicted octanol–water partition coefficient (Wildman–Crippen LogP) is 5.45. The summed E-state index contributed by atoms with van der Waals surface area (Å²) in [5.74, 6) is -1.45. The molecule has 1 amide bonds. The molecule has 1 aromatic heterocycles. The van der Waals surface area contributed by atoms with Crippen LogP contribution in [0.5, 0.6) is 0 Å². The van der Waals surface area contributed by atoms with E-state index in [9.17, 15) is 22.0 Å². The van der Waals surface area contributed by atoms with Gasteiger partial charge in [-0.05, 0) is 47.5 Å². The molecule has 174 valence electrons. The van der Waals surface area contributed by atoms with Gasteiger partial charge in [0.2, 0.25) is 0 Å². The van der Waals surface area contributed by atoms with Crippen LogP contribution >= 0.6 is 11.3 Å². The third kappa shape index (κ3) is 4.85. The van der Waals surface area contributed by atoms with E-state index >= 15 is 0 Å². The van der Waals surface area contributed by atoms with Gasteiger partial charge in [-0.15, -0.1) is 11.3 Å². The number of hydrogen-bond acceptors (Lipinski definition) is 4. The van der Waals surface area contributed by atoms with Crippen molar-refractivity contribution in [3.8, 4) is 11.1 Å². The van der Waals surface area contributed by atoms with E-state index in [1.807, 2.05) is 6.07 Å². The summed E-state index contributed by atoms with van der Waals surface area (Å²) in [6, 6.07) is 19.6. The first-order chi connectivity index (χ1) is 16.3. The second kappa shape index (κ2) is 9.74. The van der Waals surface area contributed by atoms with E-state index in [2.05, 4.69) is 5.32 Å². The fourth-order valence-electron chi connectivity index (χ4n) is 3.37. The Balaban J connectivity index is 1.74. The van der Waals surface area contributed by atoms with E-state index in [0.717, 1.165) is 15.6 Å². The minimum atomic E-state index is -4.19. The number of hydrogen-bond donors (Lipinski definition) is 1. The number of anilines is 1. The molecule has 0 bridgehead atoms. The largest absolute Gasteiger partial charge is 0.347 e. The Hall–Kier alpha value is -3.56. The molecule has 0 radical (unpaired) electrons. The van der Waals surface area contributed by atoms with Crippen LogP contribution in [0.2, 0.25) is 0 Å². The maximum absolute atomic E-state index is 13.7. The molecule has 0 saturated carbocycles. The zero-order chi connectivity index (χ0) is 24.3. The monoisotopic (exact) mass is 498 g/mol. The van der Waals surface area contributed by atoms with Crippen molar-refractivity contribution in [2.45, 2.75) is 11.4 Å². The molecule has 4 rings (SSSR count). The van der Waals surface area contributed by atoms with Gasteiger partial charge in [0.1, 0.15) is 21.4 Å². The summed E-state index contributed by atoms with van der Waals surface area (Å²) in [6.45, 7) is 0.102. The topological polar surface area (TPSA) is 66.5 Å². The molecule has 3 aromatic carbocycles. The molecule has 34 heavy (non-hydrogen) atoms. The van der Waals surface area contributed by atoms with Crippen molar-refractivity contribution in [1.82, 2.24) is 5.32 Å². The Morgan fingerprint density at radius 2 is 1.50 bits per heavy atom. The molecule has 0 unspecified atom stereocenters. The smallest absolute Gasteiger partial charge is 0.266 e. The fourth-order valence-corrected chi connectivity index (χ4v) is 6.24. The molecule has 0 saturated heterocycles. The second-order valence-electron chi connectivity index (χ2n) is 7.43. The van der Waals surface area contributed by atoms with Gasteiger partial charge in [0, 0.05) is 24.5 Å². The first-order valence-corrected chi connectivity index (χ1v) is 12.5. The zero-order valence-corrected chi connectivity index (χ0v) is 19.7. The maximum Gasteiger partial charge on any atom is 0.266 e. The van der Waals surface area contributed by atoms with Crippen LogP contribution in [0.3, 0.4) is 0 Å². The van der Waals surface area contributed by atoms with Gasteiger partial charge >= 0.3 is 0 Å². The Morgan fingerprint density at radius 3 is 2.12 bits per heavy atom. The van der Waals surface area contributed by atoms with Crippen molar-refractivity contribution in [3.05, 3.63) is 106 Å². The van der Waals surface area contributed by atoms with E-state index in [1.165, 1.54) is 43.4 Å². The minimum Gasteiger partial charge on any atom is -0.347 e. The molecule has 0 spiro atoms. The van der Waals surface area contributed by atoms with Crippen LogP contribution in [0.25, 0.3) is 11.1 Å². The van der Waals surface area contributed by atoms with Crippen LogP contribution in [0, 0.1) is 11.6 Å². The standard InChI is InChI=1S/C25H20F2N2O3S2/c1-29(21-13-11-20(27)12-14-21)34(31,32)24-22(18-5-3-2-4-6-18)16-33-23(24)25(30)28-15-17-7-9-19(26)10-8-17/h2-14,16H,15H2,1H3,(H,28,30). The Morgan fingerprint density at radius 1 is 0.912 bits per heavy atom. The number of nitrogens with one attached hydrogen (secondary N) is 1. The molecule has 9 heteroatoms. The average molecular weight is 499 g/mol. The van der Waals surface area contributed by atoms with Crippen LogP contribution in [0.1, 0.15) is 15.2 Å². The molecular formula is C25H20F2N2O3S2. The molecule has 0 atom stereocenters. The summed E-state index contributed by atoms with van der Waals surface area (Å²) in [7, 11) is -2.84. The zero-order valence-electron chi connectivity index (χ0n) is 18.0. The van der Waals surface area contributed by atoms with Crippen LogP contribution in [0.4, 0.5) is 14.5 Å². The van der Waals surface area contributed by atoms with Gasteiger partial charge in [0.15, 0.2) is 0 Å². The number of benzene rings is 3. The minimum absolute atomic E-state index is 0.0231. The average Bonchev–Trinajstić information content (AvgIpc) is 3.30.